The van der Waals surface area contributed by atoms with E-state index >= 15 is 0 Å². The largest absolute Gasteiger partial charge is 0.481 e. The van der Waals surface area contributed by atoms with E-state index < -0.39 is 18.5 Å². The number of ether oxygens (including phenoxy) is 1. The Kier molecular flexibility index (Phi) is 5.52. The molecule has 1 saturated heterocycles. The lowest BCUT2D eigenvalue weighted by atomic mass is 9.98. The average Bonchev–Trinajstić information content (AvgIpc) is 2.42. The van der Waals surface area contributed by atoms with Gasteiger partial charge in [-0.3, -0.25) is 9.69 Å². The third-order valence-corrected chi connectivity index (χ3v) is 4.13. The Labute approximate surface area is 129 Å². The van der Waals surface area contributed by atoms with Crippen LogP contribution in [0.15, 0.2) is 22.7 Å². The highest BCUT2D eigenvalue weighted by Crippen LogP contribution is 2.32. The minimum atomic E-state index is -2.89. The molecule has 0 amide bonds. The quantitative estimate of drug-likeness (QED) is 0.871. The van der Waals surface area contributed by atoms with Crippen LogP contribution in [0.2, 0.25) is 0 Å². The van der Waals surface area contributed by atoms with Crippen LogP contribution in [-0.2, 0) is 11.3 Å². The molecule has 21 heavy (non-hydrogen) atoms. The summed E-state index contributed by atoms with van der Waals surface area (Å²) in [5.74, 6) is -1.09. The summed E-state index contributed by atoms with van der Waals surface area (Å²) in [5, 5.41) is 9.08. The Morgan fingerprint density at radius 1 is 1.52 bits per heavy atom. The molecule has 0 saturated carbocycles. The Balaban J connectivity index is 2.12. The summed E-state index contributed by atoms with van der Waals surface area (Å²) in [7, 11) is 0. The van der Waals surface area contributed by atoms with Crippen molar-refractivity contribution in [2.75, 3.05) is 13.1 Å². The number of aliphatic carboxylic acids is 1. The van der Waals surface area contributed by atoms with Crippen molar-refractivity contribution in [3.8, 4) is 5.75 Å². The third kappa shape index (κ3) is 4.38. The lowest BCUT2D eigenvalue weighted by Crippen LogP contribution is -2.38. The van der Waals surface area contributed by atoms with Gasteiger partial charge < -0.3 is 9.84 Å². The van der Waals surface area contributed by atoms with Gasteiger partial charge in [0.2, 0.25) is 0 Å². The van der Waals surface area contributed by atoms with Gasteiger partial charge in [0.25, 0.3) is 0 Å². The number of carboxylic acids is 1. The molecule has 1 aromatic carbocycles. The smallest absolute Gasteiger partial charge is 0.387 e. The number of carboxylic acid groups (broad SMARTS) is 1. The van der Waals surface area contributed by atoms with E-state index in [4.69, 9.17) is 5.11 Å². The molecule has 1 aliphatic heterocycles. The Morgan fingerprint density at radius 3 is 2.95 bits per heavy atom. The van der Waals surface area contributed by atoms with Gasteiger partial charge in [0.15, 0.2) is 0 Å². The first-order valence-electron chi connectivity index (χ1n) is 6.64. The van der Waals surface area contributed by atoms with E-state index in [2.05, 4.69) is 20.7 Å². The molecule has 0 aromatic heterocycles. The van der Waals surface area contributed by atoms with Crippen LogP contribution < -0.4 is 4.74 Å². The molecule has 1 fully saturated rings. The maximum absolute atomic E-state index is 12.5. The monoisotopic (exact) mass is 363 g/mol. The lowest BCUT2D eigenvalue weighted by Gasteiger charge is -2.31. The number of likely N-dealkylation sites (tertiary alicyclic amines) is 1. The van der Waals surface area contributed by atoms with Crippen molar-refractivity contribution < 1.29 is 23.4 Å². The number of nitrogens with zero attached hydrogens (tertiary/aromatic N) is 1. The van der Waals surface area contributed by atoms with Crippen LogP contribution in [-0.4, -0.2) is 35.7 Å². The summed E-state index contributed by atoms with van der Waals surface area (Å²) in [6, 6.07) is 5.10. The maximum Gasteiger partial charge on any atom is 0.387 e. The average molecular weight is 364 g/mol. The number of benzene rings is 1. The van der Waals surface area contributed by atoms with E-state index in [0.717, 1.165) is 13.0 Å². The normalized spacial score (nSPS) is 19.7. The molecule has 1 N–H and O–H groups in total. The van der Waals surface area contributed by atoms with Gasteiger partial charge in [0.1, 0.15) is 5.75 Å². The molecule has 1 heterocycles. The molecule has 0 radical (unpaired) electrons. The van der Waals surface area contributed by atoms with E-state index in [1.54, 1.807) is 18.2 Å². The maximum atomic E-state index is 12.5. The van der Waals surface area contributed by atoms with Crippen molar-refractivity contribution in [3.05, 3.63) is 28.2 Å². The van der Waals surface area contributed by atoms with E-state index in [0.29, 0.717) is 29.5 Å². The summed E-state index contributed by atoms with van der Waals surface area (Å²) < 4.78 is 30.0. The number of halogens is 3. The number of carbonyl (C=O) groups is 1. The first kappa shape index (κ1) is 16.2. The van der Waals surface area contributed by atoms with Gasteiger partial charge in [-0.2, -0.15) is 8.78 Å². The van der Waals surface area contributed by atoms with Crippen LogP contribution in [0.1, 0.15) is 18.4 Å². The topological polar surface area (TPSA) is 49.8 Å². The SMILES string of the molecule is O=C(O)C1CCCN(Cc2cccc(Br)c2OC(F)F)C1. The molecule has 1 atom stereocenters. The van der Waals surface area contributed by atoms with Crippen molar-refractivity contribution in [2.24, 2.45) is 5.92 Å². The van der Waals surface area contributed by atoms with Crippen LogP contribution in [0.25, 0.3) is 0 Å². The summed E-state index contributed by atoms with van der Waals surface area (Å²) >= 11 is 3.20. The summed E-state index contributed by atoms with van der Waals surface area (Å²) in [6.45, 7) is -1.32. The van der Waals surface area contributed by atoms with Gasteiger partial charge in [0.05, 0.1) is 10.4 Å². The highest BCUT2D eigenvalue weighted by atomic mass is 79.9. The van der Waals surface area contributed by atoms with E-state index in [-0.39, 0.29) is 5.75 Å². The summed E-state index contributed by atoms with van der Waals surface area (Å²) in [5.41, 5.74) is 0.621. The molecule has 116 valence electrons. The molecular weight excluding hydrogens is 348 g/mol. The van der Waals surface area contributed by atoms with Gasteiger partial charge in [-0.1, -0.05) is 12.1 Å². The molecule has 1 unspecified atom stereocenters. The lowest BCUT2D eigenvalue weighted by molar-refractivity contribution is -0.143. The number of hydrogen-bond donors (Lipinski definition) is 1. The Bertz CT molecular complexity index is 513. The van der Waals surface area contributed by atoms with Crippen LogP contribution in [0.4, 0.5) is 8.78 Å². The van der Waals surface area contributed by atoms with Gasteiger partial charge in [-0.05, 0) is 41.4 Å². The van der Waals surface area contributed by atoms with E-state index in [9.17, 15) is 13.6 Å². The zero-order chi connectivity index (χ0) is 15.4. The van der Waals surface area contributed by atoms with E-state index in [1.165, 1.54) is 0 Å². The van der Waals surface area contributed by atoms with Crippen LogP contribution >= 0.6 is 15.9 Å². The van der Waals surface area contributed by atoms with Crippen molar-refractivity contribution in [2.45, 2.75) is 26.0 Å². The Hall–Kier alpha value is -1.21. The second-order valence-electron chi connectivity index (χ2n) is 5.02. The number of rotatable bonds is 5. The fourth-order valence-corrected chi connectivity index (χ4v) is 3.04. The number of para-hydroxylation sites is 1. The molecule has 1 aromatic rings. The standard InChI is InChI=1S/C14H16BrF2NO3/c15-11-5-1-3-9(12(11)21-14(16)17)7-18-6-2-4-10(8-18)13(19)20/h1,3,5,10,14H,2,4,6-8H2,(H,19,20). The minimum Gasteiger partial charge on any atom is -0.481 e. The van der Waals surface area contributed by atoms with Crippen molar-refractivity contribution in [1.29, 1.82) is 0 Å². The molecule has 0 bridgehead atoms. The molecular formula is C14H16BrF2NO3. The molecule has 4 nitrogen and oxygen atoms in total. The fourth-order valence-electron chi connectivity index (χ4n) is 2.54. The summed E-state index contributed by atoms with van der Waals surface area (Å²) in [6.07, 6.45) is 1.45. The fraction of sp³-hybridized carbons (Fsp3) is 0.500. The van der Waals surface area contributed by atoms with Crippen LogP contribution in [0, 0.1) is 5.92 Å². The predicted octanol–water partition coefficient (Wildman–Crippen LogP) is 3.35. The zero-order valence-corrected chi connectivity index (χ0v) is 12.9. The number of piperidine rings is 1. The highest BCUT2D eigenvalue weighted by molar-refractivity contribution is 9.10. The number of hydrogen-bond acceptors (Lipinski definition) is 3. The zero-order valence-electron chi connectivity index (χ0n) is 11.3. The molecule has 7 heteroatoms. The van der Waals surface area contributed by atoms with Crippen molar-refractivity contribution >= 4 is 21.9 Å². The first-order valence-corrected chi connectivity index (χ1v) is 7.44. The molecule has 1 aliphatic rings. The minimum absolute atomic E-state index is 0.116. The van der Waals surface area contributed by atoms with Gasteiger partial charge in [-0.15, -0.1) is 0 Å². The summed E-state index contributed by atoms with van der Waals surface area (Å²) in [4.78, 5) is 13.0. The second kappa shape index (κ2) is 7.17. The van der Waals surface area contributed by atoms with E-state index in [1.807, 2.05) is 4.90 Å². The molecule has 0 spiro atoms. The van der Waals surface area contributed by atoms with Gasteiger partial charge in [-0.25, -0.2) is 0 Å². The van der Waals surface area contributed by atoms with Crippen LogP contribution in [0.3, 0.4) is 0 Å². The third-order valence-electron chi connectivity index (χ3n) is 3.50. The Morgan fingerprint density at radius 2 is 2.29 bits per heavy atom. The van der Waals surface area contributed by atoms with Crippen molar-refractivity contribution in [1.82, 2.24) is 4.90 Å². The van der Waals surface area contributed by atoms with Crippen LogP contribution in [0.5, 0.6) is 5.75 Å². The predicted molar refractivity (Wildman–Crippen MR) is 76.4 cm³/mol. The first-order chi connectivity index (χ1) is 9.97. The molecule has 0 aliphatic carbocycles. The molecule has 2 rings (SSSR count). The van der Waals surface area contributed by atoms with Gasteiger partial charge in [0, 0.05) is 18.7 Å². The van der Waals surface area contributed by atoms with Crippen molar-refractivity contribution in [3.63, 3.8) is 0 Å². The highest BCUT2D eigenvalue weighted by Gasteiger charge is 2.26. The number of alkyl halides is 2. The second-order valence-corrected chi connectivity index (χ2v) is 5.87. The van der Waals surface area contributed by atoms with Gasteiger partial charge >= 0.3 is 12.6 Å².